The molecule has 0 aliphatic heterocycles. The maximum atomic E-state index is 13.5. The standard InChI is InChI=1S/C28H24O6/c1-13-10-22(30)23(16(4)24(13)31)28(5)20(21(29)11-14(2)27(28)34)12-19-15(3)25(32)17-8-6-7-9-18(17)26(19)33/h6-11,20H,12H2,1-5H3/t20-,28-/m0/s1. The first-order valence-electron chi connectivity index (χ1n) is 11.0. The number of ketones is 6. The largest absolute Gasteiger partial charge is 0.294 e. The van der Waals surface area contributed by atoms with Crippen LogP contribution in [0.3, 0.4) is 0 Å². The third kappa shape index (κ3) is 3.16. The summed E-state index contributed by atoms with van der Waals surface area (Å²) in [5.41, 5.74) is -0.216. The van der Waals surface area contributed by atoms with Gasteiger partial charge in [-0.3, -0.25) is 28.8 Å². The molecule has 1 aromatic rings. The lowest BCUT2D eigenvalue weighted by atomic mass is 9.57. The fourth-order valence-electron chi connectivity index (χ4n) is 5.40. The summed E-state index contributed by atoms with van der Waals surface area (Å²) in [6.07, 6.45) is 2.21. The van der Waals surface area contributed by atoms with Crippen LogP contribution in [0.4, 0.5) is 0 Å². The van der Waals surface area contributed by atoms with Gasteiger partial charge in [-0.25, -0.2) is 0 Å². The number of hydrogen-bond acceptors (Lipinski definition) is 6. The molecule has 0 saturated heterocycles. The summed E-state index contributed by atoms with van der Waals surface area (Å²) in [6, 6.07) is 6.47. The van der Waals surface area contributed by atoms with Crippen LogP contribution in [0.1, 0.15) is 61.8 Å². The molecular formula is C28H24O6. The Hall–Kier alpha value is -3.80. The average Bonchev–Trinajstić information content (AvgIpc) is 2.79. The van der Waals surface area contributed by atoms with Crippen molar-refractivity contribution in [2.24, 2.45) is 11.3 Å². The van der Waals surface area contributed by atoms with Crippen LogP contribution in [-0.2, 0) is 19.2 Å². The number of allylic oxidation sites excluding steroid dienone is 8. The normalized spacial score (nSPS) is 25.6. The van der Waals surface area contributed by atoms with E-state index in [1.807, 2.05) is 0 Å². The summed E-state index contributed by atoms with van der Waals surface area (Å²) in [5.74, 6) is -3.56. The maximum absolute atomic E-state index is 13.5. The van der Waals surface area contributed by atoms with Crippen LogP contribution in [-0.4, -0.2) is 34.7 Å². The van der Waals surface area contributed by atoms with Gasteiger partial charge in [-0.1, -0.05) is 24.3 Å². The van der Waals surface area contributed by atoms with E-state index in [4.69, 9.17) is 0 Å². The maximum Gasteiger partial charge on any atom is 0.190 e. The van der Waals surface area contributed by atoms with Crippen molar-refractivity contribution in [3.8, 4) is 0 Å². The van der Waals surface area contributed by atoms with Crippen LogP contribution in [0.15, 0.2) is 69.9 Å². The third-order valence-corrected chi connectivity index (χ3v) is 7.31. The van der Waals surface area contributed by atoms with Gasteiger partial charge in [-0.2, -0.15) is 0 Å². The van der Waals surface area contributed by atoms with Gasteiger partial charge in [-0.15, -0.1) is 0 Å². The number of benzene rings is 1. The van der Waals surface area contributed by atoms with Gasteiger partial charge < -0.3 is 0 Å². The van der Waals surface area contributed by atoms with Crippen LogP contribution in [0.5, 0.6) is 0 Å². The zero-order valence-electron chi connectivity index (χ0n) is 19.7. The summed E-state index contributed by atoms with van der Waals surface area (Å²) in [5, 5.41) is 0. The first-order chi connectivity index (χ1) is 15.9. The van der Waals surface area contributed by atoms with E-state index in [1.165, 1.54) is 46.8 Å². The smallest absolute Gasteiger partial charge is 0.190 e. The number of carbonyl (C=O) groups is 6. The first kappa shape index (κ1) is 23.4. The topological polar surface area (TPSA) is 102 Å². The molecule has 0 amide bonds. The van der Waals surface area contributed by atoms with E-state index in [-0.39, 0.29) is 62.8 Å². The molecule has 6 nitrogen and oxygen atoms in total. The molecule has 0 heterocycles. The summed E-state index contributed by atoms with van der Waals surface area (Å²) in [4.78, 5) is 79.0. The van der Waals surface area contributed by atoms with Gasteiger partial charge in [0.25, 0.3) is 0 Å². The van der Waals surface area contributed by atoms with E-state index in [9.17, 15) is 28.8 Å². The van der Waals surface area contributed by atoms with Gasteiger partial charge in [0, 0.05) is 44.9 Å². The lowest BCUT2D eigenvalue weighted by molar-refractivity contribution is -0.135. The molecule has 6 heteroatoms. The van der Waals surface area contributed by atoms with Crippen molar-refractivity contribution in [3.63, 3.8) is 0 Å². The van der Waals surface area contributed by atoms with Gasteiger partial charge in [0.2, 0.25) is 0 Å². The van der Waals surface area contributed by atoms with Crippen molar-refractivity contribution >= 4 is 34.7 Å². The van der Waals surface area contributed by atoms with Gasteiger partial charge in [-0.05, 0) is 58.8 Å². The molecule has 0 saturated carbocycles. The van der Waals surface area contributed by atoms with E-state index < -0.39 is 28.7 Å². The fourth-order valence-corrected chi connectivity index (χ4v) is 5.40. The first-order valence-corrected chi connectivity index (χ1v) is 11.0. The average molecular weight is 456 g/mol. The molecule has 34 heavy (non-hydrogen) atoms. The quantitative estimate of drug-likeness (QED) is 0.639. The second-order valence-corrected chi connectivity index (χ2v) is 9.35. The summed E-state index contributed by atoms with van der Waals surface area (Å²) in [7, 11) is 0. The van der Waals surface area contributed by atoms with Crippen LogP contribution >= 0.6 is 0 Å². The molecule has 4 rings (SSSR count). The van der Waals surface area contributed by atoms with Crippen molar-refractivity contribution < 1.29 is 28.8 Å². The Labute approximate surface area is 197 Å². The number of carbonyl (C=O) groups excluding carboxylic acids is 6. The van der Waals surface area contributed by atoms with Crippen molar-refractivity contribution in [2.45, 2.75) is 41.0 Å². The van der Waals surface area contributed by atoms with Crippen LogP contribution in [0, 0.1) is 11.3 Å². The molecule has 0 aromatic heterocycles. The molecule has 0 N–H and O–H groups in total. The zero-order chi connectivity index (χ0) is 25.1. The molecule has 1 aromatic carbocycles. The number of rotatable bonds is 3. The Bertz CT molecular complexity index is 1380. The minimum Gasteiger partial charge on any atom is -0.294 e. The Morgan fingerprint density at radius 1 is 0.735 bits per heavy atom. The Morgan fingerprint density at radius 3 is 1.94 bits per heavy atom. The minimum atomic E-state index is -1.66. The predicted octanol–water partition coefficient (Wildman–Crippen LogP) is 3.91. The highest BCUT2D eigenvalue weighted by Crippen LogP contribution is 2.48. The molecular weight excluding hydrogens is 432 g/mol. The van der Waals surface area contributed by atoms with E-state index >= 15 is 0 Å². The second kappa shape index (κ2) is 7.90. The van der Waals surface area contributed by atoms with Crippen molar-refractivity contribution in [3.05, 3.63) is 81.0 Å². The monoisotopic (exact) mass is 456 g/mol. The summed E-state index contributed by atoms with van der Waals surface area (Å²) < 4.78 is 0. The molecule has 3 aliphatic carbocycles. The molecule has 0 unspecified atom stereocenters. The Balaban J connectivity index is 1.89. The fraction of sp³-hybridized carbons (Fsp3) is 0.286. The number of fused-ring (bicyclic) bond motifs is 1. The lowest BCUT2D eigenvalue weighted by Crippen LogP contribution is -2.48. The van der Waals surface area contributed by atoms with Crippen LogP contribution in [0.25, 0.3) is 0 Å². The summed E-state index contributed by atoms with van der Waals surface area (Å²) in [6.45, 7) is 7.53. The molecule has 3 aliphatic rings. The van der Waals surface area contributed by atoms with Crippen molar-refractivity contribution in [1.29, 1.82) is 0 Å². The van der Waals surface area contributed by atoms with E-state index in [0.29, 0.717) is 5.56 Å². The Morgan fingerprint density at radius 2 is 1.32 bits per heavy atom. The van der Waals surface area contributed by atoms with Gasteiger partial charge in [0.15, 0.2) is 34.7 Å². The second-order valence-electron chi connectivity index (χ2n) is 9.35. The highest BCUT2D eigenvalue weighted by atomic mass is 16.2. The molecule has 0 bridgehead atoms. The Kier molecular flexibility index (Phi) is 5.43. The molecule has 2 atom stereocenters. The van der Waals surface area contributed by atoms with Gasteiger partial charge in [0.05, 0.1) is 5.41 Å². The SMILES string of the molecule is CC1=CC(=O)C([C@@]2(C)C(=O)C(C)=CC(=O)[C@@H]2CC2=C(C)C(=O)c3ccccc3C2=O)=C(C)C1=O. The molecule has 172 valence electrons. The van der Waals surface area contributed by atoms with E-state index in [2.05, 4.69) is 0 Å². The summed E-state index contributed by atoms with van der Waals surface area (Å²) >= 11 is 0. The van der Waals surface area contributed by atoms with Crippen molar-refractivity contribution in [1.82, 2.24) is 0 Å². The van der Waals surface area contributed by atoms with Gasteiger partial charge in [0.1, 0.15) is 0 Å². The molecule has 0 spiro atoms. The van der Waals surface area contributed by atoms with Crippen LogP contribution < -0.4 is 0 Å². The zero-order valence-corrected chi connectivity index (χ0v) is 19.7. The minimum absolute atomic E-state index is 0.0212. The van der Waals surface area contributed by atoms with E-state index in [0.717, 1.165) is 0 Å². The highest BCUT2D eigenvalue weighted by Gasteiger charge is 2.54. The predicted molar refractivity (Wildman–Crippen MR) is 124 cm³/mol. The van der Waals surface area contributed by atoms with Crippen LogP contribution in [0.2, 0.25) is 0 Å². The lowest BCUT2D eigenvalue weighted by Gasteiger charge is -2.41. The number of hydrogen-bond donors (Lipinski definition) is 0. The third-order valence-electron chi connectivity index (χ3n) is 7.31. The number of Topliss-reactive ketones (excluding diaryl/α,β-unsaturated/α-hetero) is 4. The molecule has 0 radical (unpaired) electrons. The van der Waals surface area contributed by atoms with Gasteiger partial charge >= 0.3 is 0 Å². The molecule has 0 fully saturated rings. The van der Waals surface area contributed by atoms with E-state index in [1.54, 1.807) is 24.3 Å². The van der Waals surface area contributed by atoms with Crippen molar-refractivity contribution in [2.75, 3.05) is 0 Å². The highest BCUT2D eigenvalue weighted by molar-refractivity contribution is 6.28.